The zero-order chi connectivity index (χ0) is 19.5. The Balaban J connectivity index is 3.15. The lowest BCUT2D eigenvalue weighted by Crippen LogP contribution is -2.42. The predicted octanol–water partition coefficient (Wildman–Crippen LogP) is 3.61. The van der Waals surface area contributed by atoms with Gasteiger partial charge in [-0.05, 0) is 19.9 Å². The summed E-state index contributed by atoms with van der Waals surface area (Å²) >= 11 is 0. The summed E-state index contributed by atoms with van der Waals surface area (Å²) in [4.78, 5) is 15.6. The molecule has 0 aromatic carbocycles. The van der Waals surface area contributed by atoms with Crippen LogP contribution < -0.4 is 10.6 Å². The van der Waals surface area contributed by atoms with E-state index in [1.807, 2.05) is 0 Å². The molecular formula is C15H15F6N3O. The van der Waals surface area contributed by atoms with Crippen molar-refractivity contribution in [2.75, 3.05) is 11.9 Å². The molecule has 0 aliphatic rings. The molecule has 2 N–H and O–H groups in total. The summed E-state index contributed by atoms with van der Waals surface area (Å²) in [6.45, 7) is 2.21. The van der Waals surface area contributed by atoms with Crippen LogP contribution in [0.4, 0.5) is 32.2 Å². The first kappa shape index (κ1) is 20.6. The van der Waals surface area contributed by atoms with Crippen LogP contribution in [0.3, 0.4) is 0 Å². The Morgan fingerprint density at radius 1 is 1.24 bits per heavy atom. The van der Waals surface area contributed by atoms with E-state index in [-0.39, 0.29) is 0 Å². The number of nitrogens with one attached hydrogen (secondary N) is 2. The van der Waals surface area contributed by atoms with Crippen LogP contribution in [0.5, 0.6) is 0 Å². The fourth-order valence-corrected chi connectivity index (χ4v) is 1.64. The van der Waals surface area contributed by atoms with E-state index in [2.05, 4.69) is 21.5 Å². The van der Waals surface area contributed by atoms with Gasteiger partial charge in [0, 0.05) is 12.7 Å². The number of pyridine rings is 1. The average molecular weight is 367 g/mol. The van der Waals surface area contributed by atoms with Crippen molar-refractivity contribution in [3.8, 4) is 12.3 Å². The zero-order valence-electron chi connectivity index (χ0n) is 13.3. The topological polar surface area (TPSA) is 54.0 Å². The molecule has 0 atom stereocenters. The highest BCUT2D eigenvalue weighted by Gasteiger charge is 2.33. The third-order valence-corrected chi connectivity index (χ3v) is 2.95. The van der Waals surface area contributed by atoms with Crippen LogP contribution in [0.2, 0.25) is 0 Å². The number of amides is 1. The van der Waals surface area contributed by atoms with Gasteiger partial charge in [-0.25, -0.2) is 4.98 Å². The number of rotatable bonds is 5. The van der Waals surface area contributed by atoms with E-state index in [0.29, 0.717) is 12.3 Å². The molecule has 10 heteroatoms. The largest absolute Gasteiger partial charge is 0.417 e. The molecule has 0 aliphatic heterocycles. The fourth-order valence-electron chi connectivity index (χ4n) is 1.64. The number of terminal acetylenes is 1. The van der Waals surface area contributed by atoms with Gasteiger partial charge in [0.25, 0.3) is 5.91 Å². The Bertz CT molecular complexity index is 673. The number of alkyl halides is 6. The summed E-state index contributed by atoms with van der Waals surface area (Å²) < 4.78 is 75.0. The van der Waals surface area contributed by atoms with Gasteiger partial charge >= 0.3 is 12.4 Å². The van der Waals surface area contributed by atoms with Crippen LogP contribution in [-0.2, 0) is 6.18 Å². The van der Waals surface area contributed by atoms with E-state index in [1.165, 1.54) is 13.8 Å². The highest BCUT2D eigenvalue weighted by atomic mass is 19.4. The normalized spacial score (nSPS) is 12.4. The number of hydrogen-bond acceptors (Lipinski definition) is 3. The summed E-state index contributed by atoms with van der Waals surface area (Å²) in [7, 11) is 0. The van der Waals surface area contributed by atoms with Gasteiger partial charge in [-0.3, -0.25) is 4.79 Å². The fraction of sp³-hybridized carbons (Fsp3) is 0.467. The Hall–Kier alpha value is -2.44. The molecule has 0 radical (unpaired) electrons. The number of halogens is 6. The average Bonchev–Trinajstić information content (AvgIpc) is 2.44. The maximum Gasteiger partial charge on any atom is 0.417 e. The second kappa shape index (κ2) is 7.21. The number of anilines is 1. The van der Waals surface area contributed by atoms with Crippen LogP contribution in [0, 0.1) is 12.3 Å². The third-order valence-electron chi connectivity index (χ3n) is 2.95. The summed E-state index contributed by atoms with van der Waals surface area (Å²) in [5, 5.41) is 4.53. The van der Waals surface area contributed by atoms with Gasteiger partial charge < -0.3 is 10.6 Å². The molecule has 0 fully saturated rings. The van der Waals surface area contributed by atoms with E-state index in [1.54, 1.807) is 0 Å². The summed E-state index contributed by atoms with van der Waals surface area (Å²) in [6.07, 6.45) is -4.85. The number of nitrogens with zero attached hydrogens (tertiary/aromatic N) is 1. The van der Waals surface area contributed by atoms with Crippen molar-refractivity contribution in [1.82, 2.24) is 10.3 Å². The molecular weight excluding hydrogens is 352 g/mol. The maximum absolute atomic E-state index is 12.8. The van der Waals surface area contributed by atoms with E-state index >= 15 is 0 Å². The number of aromatic nitrogens is 1. The van der Waals surface area contributed by atoms with Gasteiger partial charge in [-0.15, -0.1) is 6.42 Å². The SMILES string of the molecule is C#CC(C)(C)NC(=O)c1cc(C(F)(F)F)cnc1NCCC(F)(F)F. The van der Waals surface area contributed by atoms with Crippen molar-refractivity contribution in [3.63, 3.8) is 0 Å². The van der Waals surface area contributed by atoms with Crippen LogP contribution in [0.15, 0.2) is 12.3 Å². The van der Waals surface area contributed by atoms with E-state index < -0.39 is 53.7 Å². The second-order valence-electron chi connectivity index (χ2n) is 5.63. The van der Waals surface area contributed by atoms with Crippen molar-refractivity contribution < 1.29 is 31.1 Å². The summed E-state index contributed by atoms with van der Waals surface area (Å²) in [5.41, 5.74) is -2.94. The van der Waals surface area contributed by atoms with Gasteiger partial charge in [0.2, 0.25) is 0 Å². The minimum atomic E-state index is -4.77. The van der Waals surface area contributed by atoms with Crippen molar-refractivity contribution in [2.45, 2.75) is 38.2 Å². The lowest BCUT2D eigenvalue weighted by molar-refractivity contribution is -0.137. The van der Waals surface area contributed by atoms with Crippen LogP contribution in [-0.4, -0.2) is 29.2 Å². The number of carbonyl (C=O) groups excluding carboxylic acids is 1. The Morgan fingerprint density at radius 3 is 2.32 bits per heavy atom. The summed E-state index contributed by atoms with van der Waals surface area (Å²) in [5.74, 6) is 0.835. The quantitative estimate of drug-likeness (QED) is 0.618. The highest BCUT2D eigenvalue weighted by molar-refractivity contribution is 5.99. The van der Waals surface area contributed by atoms with E-state index in [4.69, 9.17) is 6.42 Å². The number of carbonyl (C=O) groups is 1. The van der Waals surface area contributed by atoms with Crippen molar-refractivity contribution in [1.29, 1.82) is 0 Å². The molecule has 4 nitrogen and oxygen atoms in total. The van der Waals surface area contributed by atoms with E-state index in [9.17, 15) is 31.1 Å². The molecule has 1 heterocycles. The molecule has 0 unspecified atom stereocenters. The smallest absolute Gasteiger partial charge is 0.369 e. The lowest BCUT2D eigenvalue weighted by atomic mass is 10.1. The van der Waals surface area contributed by atoms with Crippen LogP contribution in [0.1, 0.15) is 36.2 Å². The Kier molecular flexibility index (Phi) is 5.94. The van der Waals surface area contributed by atoms with Crippen molar-refractivity contribution in [3.05, 3.63) is 23.4 Å². The van der Waals surface area contributed by atoms with E-state index in [0.717, 1.165) is 0 Å². The second-order valence-corrected chi connectivity index (χ2v) is 5.63. The third kappa shape index (κ3) is 6.52. The molecule has 0 spiro atoms. The molecule has 1 aromatic heterocycles. The predicted molar refractivity (Wildman–Crippen MR) is 78.8 cm³/mol. The molecule has 1 rings (SSSR count). The van der Waals surface area contributed by atoms with Gasteiger partial charge in [-0.2, -0.15) is 26.3 Å². The summed E-state index contributed by atoms with van der Waals surface area (Å²) in [6, 6.07) is 0.505. The Labute approximate surface area is 140 Å². The first-order valence-corrected chi connectivity index (χ1v) is 6.93. The molecule has 0 saturated carbocycles. The molecule has 25 heavy (non-hydrogen) atoms. The molecule has 0 bridgehead atoms. The minimum absolute atomic E-state index is 0.400. The first-order valence-electron chi connectivity index (χ1n) is 6.93. The Morgan fingerprint density at radius 2 is 1.84 bits per heavy atom. The van der Waals surface area contributed by atoms with Gasteiger partial charge in [0.05, 0.1) is 23.1 Å². The van der Waals surface area contributed by atoms with Gasteiger partial charge in [-0.1, -0.05) is 5.92 Å². The van der Waals surface area contributed by atoms with Crippen molar-refractivity contribution >= 4 is 11.7 Å². The number of hydrogen-bond donors (Lipinski definition) is 2. The zero-order valence-corrected chi connectivity index (χ0v) is 13.3. The molecule has 1 aromatic rings. The molecule has 0 saturated heterocycles. The van der Waals surface area contributed by atoms with Gasteiger partial charge in [0.1, 0.15) is 5.82 Å². The molecule has 138 valence electrons. The molecule has 0 aliphatic carbocycles. The monoisotopic (exact) mass is 367 g/mol. The minimum Gasteiger partial charge on any atom is -0.369 e. The lowest BCUT2D eigenvalue weighted by Gasteiger charge is -2.21. The van der Waals surface area contributed by atoms with Gasteiger partial charge in [0.15, 0.2) is 0 Å². The highest BCUT2D eigenvalue weighted by Crippen LogP contribution is 2.31. The standard InChI is InChI=1S/C15H15F6N3O/c1-4-13(2,3)24-12(25)10-7-9(15(19,20)21)8-23-11(10)22-6-5-14(16,17)18/h1,7-8H,5-6H2,2-3H3,(H,22,23)(H,24,25). The van der Waals surface area contributed by atoms with Crippen LogP contribution in [0.25, 0.3) is 0 Å². The maximum atomic E-state index is 12.8. The van der Waals surface area contributed by atoms with Crippen LogP contribution >= 0.6 is 0 Å². The molecule has 1 amide bonds. The van der Waals surface area contributed by atoms with Crippen molar-refractivity contribution in [2.24, 2.45) is 0 Å². The first-order chi connectivity index (χ1) is 11.2.